The number of nitrogens with zero attached hydrogens (tertiary/aromatic N) is 2. The Labute approximate surface area is 82.2 Å². The Bertz CT molecular complexity index is 441. The quantitative estimate of drug-likeness (QED) is 0.664. The lowest BCUT2D eigenvalue weighted by Gasteiger charge is -2.00. The second-order valence-corrected chi connectivity index (χ2v) is 3.33. The molecular weight excluding hydrogens is 176 g/mol. The fourth-order valence-corrected chi connectivity index (χ4v) is 1.43. The SMILES string of the molecule is CC1=C(c2ccc(C)cc2)C(=O)N=N1. The lowest BCUT2D eigenvalue weighted by Crippen LogP contribution is -1.94. The largest absolute Gasteiger partial charge is 0.297 e. The van der Waals surface area contributed by atoms with E-state index in [1.54, 1.807) is 6.92 Å². The summed E-state index contributed by atoms with van der Waals surface area (Å²) in [7, 11) is 0. The van der Waals surface area contributed by atoms with E-state index < -0.39 is 0 Å². The van der Waals surface area contributed by atoms with Crippen molar-refractivity contribution in [2.45, 2.75) is 13.8 Å². The summed E-state index contributed by atoms with van der Waals surface area (Å²) in [5.74, 6) is -0.244. The standard InChI is InChI=1S/C11H10N2O/c1-7-3-5-9(6-4-7)10-8(2)12-13-11(10)14/h3-6H,1-2H3. The highest BCUT2D eigenvalue weighted by atomic mass is 16.2. The van der Waals surface area contributed by atoms with Gasteiger partial charge in [-0.1, -0.05) is 29.8 Å². The van der Waals surface area contributed by atoms with Crippen molar-refractivity contribution < 1.29 is 4.79 Å². The molecule has 1 aromatic rings. The van der Waals surface area contributed by atoms with Crippen molar-refractivity contribution in [3.63, 3.8) is 0 Å². The Morgan fingerprint density at radius 2 is 1.64 bits per heavy atom. The number of hydrogen-bond donors (Lipinski definition) is 0. The molecule has 0 aromatic heterocycles. The molecule has 2 rings (SSSR count). The van der Waals surface area contributed by atoms with Gasteiger partial charge in [0.05, 0.1) is 11.3 Å². The average molecular weight is 186 g/mol. The van der Waals surface area contributed by atoms with Crippen LogP contribution in [0.15, 0.2) is 40.2 Å². The highest BCUT2D eigenvalue weighted by Crippen LogP contribution is 2.26. The monoisotopic (exact) mass is 186 g/mol. The second-order valence-electron chi connectivity index (χ2n) is 3.33. The maximum Gasteiger partial charge on any atom is 0.297 e. The third kappa shape index (κ3) is 1.37. The molecule has 0 fully saturated rings. The molecule has 0 atom stereocenters. The van der Waals surface area contributed by atoms with Crippen LogP contribution in [0.3, 0.4) is 0 Å². The summed E-state index contributed by atoms with van der Waals surface area (Å²) in [6.07, 6.45) is 0. The fourth-order valence-electron chi connectivity index (χ4n) is 1.43. The maximum atomic E-state index is 11.4. The number of aryl methyl sites for hydroxylation is 1. The molecule has 1 aromatic carbocycles. The van der Waals surface area contributed by atoms with Crippen LogP contribution < -0.4 is 0 Å². The van der Waals surface area contributed by atoms with Crippen LogP contribution in [0.25, 0.3) is 5.57 Å². The van der Waals surface area contributed by atoms with Crippen LogP contribution in [0.2, 0.25) is 0 Å². The van der Waals surface area contributed by atoms with Gasteiger partial charge in [0, 0.05) is 0 Å². The highest BCUT2D eigenvalue weighted by Gasteiger charge is 2.19. The first kappa shape index (κ1) is 8.81. The van der Waals surface area contributed by atoms with Crippen LogP contribution in [0, 0.1) is 6.92 Å². The molecule has 70 valence electrons. The highest BCUT2D eigenvalue weighted by molar-refractivity contribution is 6.21. The topological polar surface area (TPSA) is 41.8 Å². The number of amides is 1. The van der Waals surface area contributed by atoms with Gasteiger partial charge in [-0.05, 0) is 19.4 Å². The first-order chi connectivity index (χ1) is 6.68. The molecule has 14 heavy (non-hydrogen) atoms. The smallest absolute Gasteiger partial charge is 0.265 e. The van der Waals surface area contributed by atoms with Crippen LogP contribution in [-0.2, 0) is 4.79 Å². The van der Waals surface area contributed by atoms with E-state index in [9.17, 15) is 4.79 Å². The zero-order valence-corrected chi connectivity index (χ0v) is 8.11. The zero-order valence-electron chi connectivity index (χ0n) is 8.11. The predicted octanol–water partition coefficient (Wildman–Crippen LogP) is 2.72. The van der Waals surface area contributed by atoms with Crippen molar-refractivity contribution in [3.8, 4) is 0 Å². The molecular formula is C11H10N2O. The summed E-state index contributed by atoms with van der Waals surface area (Å²) in [6, 6.07) is 7.78. The minimum absolute atomic E-state index is 0.244. The number of carbonyl (C=O) groups excluding carboxylic acids is 1. The van der Waals surface area contributed by atoms with Gasteiger partial charge in [0.1, 0.15) is 0 Å². The van der Waals surface area contributed by atoms with Crippen molar-refractivity contribution >= 4 is 11.5 Å². The second kappa shape index (κ2) is 3.18. The molecule has 1 aliphatic rings. The van der Waals surface area contributed by atoms with E-state index in [-0.39, 0.29) is 5.91 Å². The normalized spacial score (nSPS) is 15.4. The lowest BCUT2D eigenvalue weighted by atomic mass is 10.0. The van der Waals surface area contributed by atoms with Crippen molar-refractivity contribution in [1.29, 1.82) is 0 Å². The van der Waals surface area contributed by atoms with Crippen LogP contribution in [0.5, 0.6) is 0 Å². The molecule has 0 saturated heterocycles. The lowest BCUT2D eigenvalue weighted by molar-refractivity contribution is -0.112. The number of carbonyl (C=O) groups is 1. The average Bonchev–Trinajstić information content (AvgIpc) is 2.49. The summed E-state index contributed by atoms with van der Waals surface area (Å²) < 4.78 is 0. The molecule has 1 heterocycles. The number of azo groups is 1. The van der Waals surface area contributed by atoms with Crippen LogP contribution in [-0.4, -0.2) is 5.91 Å². The molecule has 0 spiro atoms. The third-order valence-electron chi connectivity index (χ3n) is 2.21. The van der Waals surface area contributed by atoms with Crippen LogP contribution >= 0.6 is 0 Å². The molecule has 0 bridgehead atoms. The molecule has 3 nitrogen and oxygen atoms in total. The van der Waals surface area contributed by atoms with E-state index in [2.05, 4.69) is 10.2 Å². The molecule has 3 heteroatoms. The number of allylic oxidation sites excluding steroid dienone is 1. The Kier molecular flexibility index (Phi) is 2.00. The van der Waals surface area contributed by atoms with Gasteiger partial charge in [-0.25, -0.2) is 0 Å². The summed E-state index contributed by atoms with van der Waals surface area (Å²) in [5, 5.41) is 7.26. The Hall–Kier alpha value is -1.77. The van der Waals surface area contributed by atoms with Gasteiger partial charge in [0.2, 0.25) is 0 Å². The molecule has 1 amide bonds. The third-order valence-corrected chi connectivity index (χ3v) is 2.21. The minimum Gasteiger partial charge on any atom is -0.265 e. The van der Waals surface area contributed by atoms with E-state index in [1.807, 2.05) is 31.2 Å². The van der Waals surface area contributed by atoms with Gasteiger partial charge < -0.3 is 0 Å². The van der Waals surface area contributed by atoms with Gasteiger partial charge in [-0.2, -0.15) is 5.11 Å². The van der Waals surface area contributed by atoms with E-state index in [0.29, 0.717) is 11.3 Å². The van der Waals surface area contributed by atoms with Gasteiger partial charge in [-0.15, -0.1) is 5.11 Å². The fraction of sp³-hybridized carbons (Fsp3) is 0.182. The minimum atomic E-state index is -0.244. The van der Waals surface area contributed by atoms with Gasteiger partial charge in [0.15, 0.2) is 0 Å². The Morgan fingerprint density at radius 1 is 1.00 bits per heavy atom. The van der Waals surface area contributed by atoms with E-state index in [0.717, 1.165) is 5.56 Å². The zero-order chi connectivity index (χ0) is 10.1. The number of benzene rings is 1. The number of hydrogen-bond acceptors (Lipinski definition) is 2. The molecule has 0 unspecified atom stereocenters. The van der Waals surface area contributed by atoms with Gasteiger partial charge >= 0.3 is 0 Å². The Morgan fingerprint density at radius 3 is 2.14 bits per heavy atom. The Balaban J connectivity index is 2.47. The van der Waals surface area contributed by atoms with E-state index >= 15 is 0 Å². The first-order valence-electron chi connectivity index (χ1n) is 4.42. The van der Waals surface area contributed by atoms with Gasteiger partial charge in [0.25, 0.3) is 5.91 Å². The first-order valence-corrected chi connectivity index (χ1v) is 4.42. The van der Waals surface area contributed by atoms with Crippen molar-refractivity contribution in [2.24, 2.45) is 10.2 Å². The van der Waals surface area contributed by atoms with Crippen molar-refractivity contribution in [2.75, 3.05) is 0 Å². The summed E-state index contributed by atoms with van der Waals surface area (Å²) >= 11 is 0. The van der Waals surface area contributed by atoms with Gasteiger partial charge in [-0.3, -0.25) is 4.79 Å². The van der Waals surface area contributed by atoms with Crippen LogP contribution in [0.1, 0.15) is 18.1 Å². The maximum absolute atomic E-state index is 11.4. The van der Waals surface area contributed by atoms with Crippen molar-refractivity contribution in [3.05, 3.63) is 41.1 Å². The summed E-state index contributed by atoms with van der Waals surface area (Å²) in [6.45, 7) is 3.81. The molecule has 0 radical (unpaired) electrons. The van der Waals surface area contributed by atoms with E-state index in [4.69, 9.17) is 0 Å². The number of rotatable bonds is 1. The summed E-state index contributed by atoms with van der Waals surface area (Å²) in [5.41, 5.74) is 3.37. The predicted molar refractivity (Wildman–Crippen MR) is 53.6 cm³/mol. The molecule has 1 aliphatic heterocycles. The van der Waals surface area contributed by atoms with Crippen molar-refractivity contribution in [1.82, 2.24) is 0 Å². The van der Waals surface area contributed by atoms with E-state index in [1.165, 1.54) is 5.56 Å². The van der Waals surface area contributed by atoms with Crippen LogP contribution in [0.4, 0.5) is 0 Å². The molecule has 0 N–H and O–H groups in total. The molecule has 0 aliphatic carbocycles. The summed E-state index contributed by atoms with van der Waals surface area (Å²) in [4.78, 5) is 11.4. The molecule has 0 saturated carbocycles.